The average Bonchev–Trinajstić information content (AvgIpc) is 2.68. The van der Waals surface area contributed by atoms with E-state index in [9.17, 15) is 4.79 Å². The first-order valence-corrected chi connectivity index (χ1v) is 5.45. The summed E-state index contributed by atoms with van der Waals surface area (Å²) in [5.41, 5.74) is 7.04. The number of hydrogen-bond acceptors (Lipinski definition) is 3. The van der Waals surface area contributed by atoms with E-state index >= 15 is 0 Å². The highest BCUT2D eigenvalue weighted by Crippen LogP contribution is 2.22. The molecule has 0 saturated carbocycles. The number of benzene rings is 1. The normalized spacial score (nSPS) is 24.3. The number of ether oxygens (including phenoxy) is 1. The first-order valence-electron chi connectivity index (χ1n) is 5.45. The molecule has 16 heavy (non-hydrogen) atoms. The van der Waals surface area contributed by atoms with E-state index in [4.69, 9.17) is 10.5 Å². The molecule has 2 rings (SSSR count). The Hall–Kier alpha value is -1.55. The number of carbonyl (C=O) groups excluding carboxylic acids is 1. The van der Waals surface area contributed by atoms with Gasteiger partial charge in [0.25, 0.3) is 0 Å². The fraction of sp³-hybridized carbons (Fsp3) is 0.417. The second-order valence-corrected chi connectivity index (χ2v) is 4.08. The van der Waals surface area contributed by atoms with Crippen molar-refractivity contribution in [2.45, 2.75) is 19.4 Å². The van der Waals surface area contributed by atoms with Gasteiger partial charge in [0.1, 0.15) is 0 Å². The van der Waals surface area contributed by atoms with Crippen LogP contribution in [0.5, 0.6) is 0 Å². The van der Waals surface area contributed by atoms with Crippen molar-refractivity contribution in [3.63, 3.8) is 0 Å². The molecular formula is C12H16N2O2. The summed E-state index contributed by atoms with van der Waals surface area (Å²) in [4.78, 5) is 11.9. The second-order valence-electron chi connectivity index (χ2n) is 4.08. The Kier molecular flexibility index (Phi) is 3.10. The fourth-order valence-corrected chi connectivity index (χ4v) is 1.88. The summed E-state index contributed by atoms with van der Waals surface area (Å²) in [6.07, 6.45) is 0.802. The van der Waals surface area contributed by atoms with Crippen LogP contribution in [0.3, 0.4) is 0 Å². The summed E-state index contributed by atoms with van der Waals surface area (Å²) in [5, 5.41) is 2.87. The number of nitrogens with two attached hydrogens (primary N) is 1. The zero-order chi connectivity index (χ0) is 11.5. The zero-order valence-corrected chi connectivity index (χ0v) is 9.27. The van der Waals surface area contributed by atoms with Crippen molar-refractivity contribution in [2.75, 3.05) is 17.7 Å². The molecule has 4 heteroatoms. The van der Waals surface area contributed by atoms with Gasteiger partial charge in [0.15, 0.2) is 0 Å². The molecule has 0 bridgehead atoms. The second kappa shape index (κ2) is 4.53. The molecular weight excluding hydrogens is 204 g/mol. The Morgan fingerprint density at radius 2 is 2.12 bits per heavy atom. The minimum Gasteiger partial charge on any atom is -0.399 e. The van der Waals surface area contributed by atoms with Crippen molar-refractivity contribution in [1.29, 1.82) is 0 Å². The number of rotatable bonds is 2. The summed E-state index contributed by atoms with van der Waals surface area (Å²) in [6.45, 7) is 2.60. The van der Waals surface area contributed by atoms with Crippen molar-refractivity contribution in [1.82, 2.24) is 0 Å². The van der Waals surface area contributed by atoms with Gasteiger partial charge in [0.2, 0.25) is 5.91 Å². The molecule has 1 heterocycles. The molecule has 1 fully saturated rings. The number of anilines is 2. The third-order valence-electron chi connectivity index (χ3n) is 2.89. The number of hydrogen-bond donors (Lipinski definition) is 2. The van der Waals surface area contributed by atoms with Crippen LogP contribution in [0.25, 0.3) is 0 Å². The van der Waals surface area contributed by atoms with Gasteiger partial charge in [-0.25, -0.2) is 0 Å². The standard InChI is InChI=1S/C12H16N2O2/c1-8-11(6-7-16-8)12(15)14-10-4-2-9(13)3-5-10/h2-5,8,11H,6-7,13H2,1H3,(H,14,15). The van der Waals surface area contributed by atoms with E-state index in [1.165, 1.54) is 0 Å². The van der Waals surface area contributed by atoms with Gasteiger partial charge in [-0.1, -0.05) is 0 Å². The van der Waals surface area contributed by atoms with Crippen LogP contribution in [0, 0.1) is 5.92 Å². The number of amides is 1. The maximum Gasteiger partial charge on any atom is 0.230 e. The Morgan fingerprint density at radius 1 is 1.44 bits per heavy atom. The number of carbonyl (C=O) groups is 1. The summed E-state index contributed by atoms with van der Waals surface area (Å²) in [6, 6.07) is 7.13. The minimum absolute atomic E-state index is 0.00813. The first-order chi connectivity index (χ1) is 7.66. The van der Waals surface area contributed by atoms with Crippen LogP contribution in [-0.4, -0.2) is 18.6 Å². The highest BCUT2D eigenvalue weighted by atomic mass is 16.5. The largest absolute Gasteiger partial charge is 0.399 e. The molecule has 1 amide bonds. The highest BCUT2D eigenvalue weighted by molar-refractivity contribution is 5.93. The molecule has 0 radical (unpaired) electrons. The van der Waals surface area contributed by atoms with E-state index in [2.05, 4.69) is 5.32 Å². The molecule has 3 N–H and O–H groups in total. The van der Waals surface area contributed by atoms with Crippen LogP contribution in [-0.2, 0) is 9.53 Å². The molecule has 2 unspecified atom stereocenters. The van der Waals surface area contributed by atoms with Gasteiger partial charge in [-0.15, -0.1) is 0 Å². The van der Waals surface area contributed by atoms with Gasteiger partial charge >= 0.3 is 0 Å². The smallest absolute Gasteiger partial charge is 0.230 e. The monoisotopic (exact) mass is 220 g/mol. The predicted molar refractivity (Wildman–Crippen MR) is 63.0 cm³/mol. The van der Waals surface area contributed by atoms with E-state index in [1.807, 2.05) is 6.92 Å². The molecule has 0 aromatic heterocycles. The lowest BCUT2D eigenvalue weighted by Gasteiger charge is -2.14. The fourth-order valence-electron chi connectivity index (χ4n) is 1.88. The maximum absolute atomic E-state index is 11.9. The summed E-state index contributed by atoms with van der Waals surface area (Å²) < 4.78 is 5.36. The average molecular weight is 220 g/mol. The SMILES string of the molecule is CC1OCCC1C(=O)Nc1ccc(N)cc1. The van der Waals surface area contributed by atoms with E-state index in [0.29, 0.717) is 12.3 Å². The maximum atomic E-state index is 11.9. The van der Waals surface area contributed by atoms with Gasteiger partial charge < -0.3 is 15.8 Å². The Bertz CT molecular complexity index is 375. The van der Waals surface area contributed by atoms with Crippen LogP contribution < -0.4 is 11.1 Å². The topological polar surface area (TPSA) is 64.3 Å². The summed E-state index contributed by atoms with van der Waals surface area (Å²) in [7, 11) is 0. The first kappa shape index (κ1) is 11.0. The predicted octanol–water partition coefficient (Wildman–Crippen LogP) is 1.63. The molecule has 1 aliphatic heterocycles. The quantitative estimate of drug-likeness (QED) is 0.744. The lowest BCUT2D eigenvalue weighted by Crippen LogP contribution is -2.27. The third kappa shape index (κ3) is 2.33. The van der Waals surface area contributed by atoms with Crippen molar-refractivity contribution in [2.24, 2.45) is 5.92 Å². The van der Waals surface area contributed by atoms with E-state index in [1.54, 1.807) is 24.3 Å². The molecule has 1 aromatic rings. The van der Waals surface area contributed by atoms with Gasteiger partial charge in [-0.05, 0) is 37.6 Å². The summed E-state index contributed by atoms with van der Waals surface area (Å²) in [5.74, 6) is -0.0210. The molecule has 1 aliphatic rings. The van der Waals surface area contributed by atoms with Gasteiger partial charge in [0, 0.05) is 18.0 Å². The van der Waals surface area contributed by atoms with Crippen molar-refractivity contribution >= 4 is 17.3 Å². The van der Waals surface area contributed by atoms with Crippen LogP contribution in [0.2, 0.25) is 0 Å². The molecule has 1 aromatic carbocycles. The van der Waals surface area contributed by atoms with Gasteiger partial charge in [0.05, 0.1) is 12.0 Å². The van der Waals surface area contributed by atoms with E-state index < -0.39 is 0 Å². The Labute approximate surface area is 94.8 Å². The molecule has 1 saturated heterocycles. The van der Waals surface area contributed by atoms with Crippen LogP contribution in [0.15, 0.2) is 24.3 Å². The summed E-state index contributed by atoms with van der Waals surface area (Å²) >= 11 is 0. The molecule has 2 atom stereocenters. The Balaban J connectivity index is 1.99. The van der Waals surface area contributed by atoms with Crippen molar-refractivity contribution in [3.8, 4) is 0 Å². The highest BCUT2D eigenvalue weighted by Gasteiger charge is 2.30. The van der Waals surface area contributed by atoms with E-state index in [0.717, 1.165) is 12.1 Å². The lowest BCUT2D eigenvalue weighted by molar-refractivity contribution is -0.121. The zero-order valence-electron chi connectivity index (χ0n) is 9.27. The van der Waals surface area contributed by atoms with Crippen molar-refractivity contribution < 1.29 is 9.53 Å². The Morgan fingerprint density at radius 3 is 2.69 bits per heavy atom. The van der Waals surface area contributed by atoms with Crippen LogP contribution in [0.4, 0.5) is 11.4 Å². The molecule has 86 valence electrons. The van der Waals surface area contributed by atoms with Crippen molar-refractivity contribution in [3.05, 3.63) is 24.3 Å². The minimum atomic E-state index is -0.0439. The van der Waals surface area contributed by atoms with E-state index in [-0.39, 0.29) is 17.9 Å². The number of nitrogens with one attached hydrogen (secondary N) is 1. The van der Waals surface area contributed by atoms with Crippen LogP contribution in [0.1, 0.15) is 13.3 Å². The lowest BCUT2D eigenvalue weighted by atomic mass is 10.0. The molecule has 0 aliphatic carbocycles. The molecule has 4 nitrogen and oxygen atoms in total. The van der Waals surface area contributed by atoms with Gasteiger partial charge in [-0.3, -0.25) is 4.79 Å². The molecule has 0 spiro atoms. The van der Waals surface area contributed by atoms with Gasteiger partial charge in [-0.2, -0.15) is 0 Å². The van der Waals surface area contributed by atoms with Crippen LogP contribution >= 0.6 is 0 Å². The number of nitrogen functional groups attached to an aromatic ring is 1. The third-order valence-corrected chi connectivity index (χ3v) is 2.89.